The van der Waals surface area contributed by atoms with Gasteiger partial charge in [0.2, 0.25) is 0 Å². The molecule has 0 radical (unpaired) electrons. The molecule has 2 unspecified atom stereocenters. The Bertz CT molecular complexity index is 419. The predicted molar refractivity (Wildman–Crippen MR) is 85.9 cm³/mol. The lowest BCUT2D eigenvalue weighted by atomic mass is 10.0. The van der Waals surface area contributed by atoms with Gasteiger partial charge < -0.3 is 19.7 Å². The van der Waals surface area contributed by atoms with E-state index in [4.69, 9.17) is 9.47 Å². The van der Waals surface area contributed by atoms with Crippen molar-refractivity contribution in [3.8, 4) is 5.75 Å². The monoisotopic (exact) mass is 292 g/mol. The quantitative estimate of drug-likeness (QED) is 0.798. The highest BCUT2D eigenvalue weighted by Gasteiger charge is 2.21. The van der Waals surface area contributed by atoms with E-state index in [9.17, 15) is 0 Å². The zero-order valence-electron chi connectivity index (χ0n) is 13.5. The number of hydrogen-bond donors (Lipinski definition) is 1. The molecule has 0 spiro atoms. The lowest BCUT2D eigenvalue weighted by Crippen LogP contribution is -2.37. The van der Waals surface area contributed by atoms with E-state index in [-0.39, 0.29) is 6.04 Å². The van der Waals surface area contributed by atoms with Gasteiger partial charge in [-0.15, -0.1) is 0 Å². The van der Waals surface area contributed by atoms with Crippen LogP contribution in [0.15, 0.2) is 24.3 Å². The van der Waals surface area contributed by atoms with Gasteiger partial charge in [-0.05, 0) is 32.5 Å². The molecule has 0 bridgehead atoms. The van der Waals surface area contributed by atoms with Crippen molar-refractivity contribution >= 4 is 0 Å². The highest BCUT2D eigenvalue weighted by atomic mass is 16.5. The molecule has 2 rings (SSSR count). The highest BCUT2D eigenvalue weighted by molar-refractivity contribution is 5.36. The largest absolute Gasteiger partial charge is 0.496 e. The Labute approximate surface area is 128 Å². The van der Waals surface area contributed by atoms with Crippen molar-refractivity contribution in [2.24, 2.45) is 0 Å². The molecular formula is C17H28N2O2. The summed E-state index contributed by atoms with van der Waals surface area (Å²) in [4.78, 5) is 2.36. The van der Waals surface area contributed by atoms with Crippen molar-refractivity contribution in [1.29, 1.82) is 0 Å². The zero-order chi connectivity index (χ0) is 15.1. The molecule has 1 aliphatic rings. The molecule has 1 aliphatic heterocycles. The molecule has 1 N–H and O–H groups in total. The van der Waals surface area contributed by atoms with Gasteiger partial charge in [-0.3, -0.25) is 0 Å². The lowest BCUT2D eigenvalue weighted by molar-refractivity contribution is 0.0784. The van der Waals surface area contributed by atoms with Gasteiger partial charge >= 0.3 is 0 Å². The van der Waals surface area contributed by atoms with Crippen LogP contribution in [0.1, 0.15) is 31.4 Å². The third-order valence-corrected chi connectivity index (χ3v) is 4.00. The van der Waals surface area contributed by atoms with Gasteiger partial charge in [-0.1, -0.05) is 25.1 Å². The van der Waals surface area contributed by atoms with Crippen molar-refractivity contribution in [3.63, 3.8) is 0 Å². The van der Waals surface area contributed by atoms with Crippen molar-refractivity contribution in [3.05, 3.63) is 29.8 Å². The predicted octanol–water partition coefficient (Wildman–Crippen LogP) is 2.46. The van der Waals surface area contributed by atoms with Crippen LogP contribution in [0.2, 0.25) is 0 Å². The van der Waals surface area contributed by atoms with Crippen LogP contribution in [0.25, 0.3) is 0 Å². The number of benzene rings is 1. The summed E-state index contributed by atoms with van der Waals surface area (Å²) in [6.07, 6.45) is 2.78. The van der Waals surface area contributed by atoms with Crippen molar-refractivity contribution in [2.45, 2.75) is 31.9 Å². The van der Waals surface area contributed by atoms with E-state index >= 15 is 0 Å². The van der Waals surface area contributed by atoms with Gasteiger partial charge in [0.1, 0.15) is 5.75 Å². The van der Waals surface area contributed by atoms with Gasteiger partial charge in [0.25, 0.3) is 0 Å². The summed E-state index contributed by atoms with van der Waals surface area (Å²) in [5, 5.41) is 3.57. The van der Waals surface area contributed by atoms with E-state index in [1.54, 1.807) is 7.11 Å². The first kappa shape index (κ1) is 16.3. The molecule has 2 atom stereocenters. The van der Waals surface area contributed by atoms with Gasteiger partial charge in [0.15, 0.2) is 0 Å². The Balaban J connectivity index is 2.00. The minimum Gasteiger partial charge on any atom is -0.496 e. The minimum atomic E-state index is 0.276. The zero-order valence-corrected chi connectivity index (χ0v) is 13.5. The average molecular weight is 292 g/mol. The molecule has 0 aliphatic carbocycles. The molecule has 1 saturated heterocycles. The Morgan fingerprint density at radius 2 is 2.24 bits per heavy atom. The van der Waals surface area contributed by atoms with E-state index in [1.165, 1.54) is 18.4 Å². The maximum absolute atomic E-state index is 5.73. The van der Waals surface area contributed by atoms with E-state index in [0.29, 0.717) is 6.10 Å². The molecule has 1 heterocycles. The molecule has 4 heteroatoms. The average Bonchev–Trinajstić information content (AvgIpc) is 2.99. The van der Waals surface area contributed by atoms with Crippen molar-refractivity contribution < 1.29 is 9.47 Å². The van der Waals surface area contributed by atoms with Crippen LogP contribution in [-0.2, 0) is 4.74 Å². The first-order valence-electron chi connectivity index (χ1n) is 7.91. The van der Waals surface area contributed by atoms with E-state index < -0.39 is 0 Å². The molecular weight excluding hydrogens is 264 g/mol. The summed E-state index contributed by atoms with van der Waals surface area (Å²) in [5.74, 6) is 0.953. The molecule has 4 nitrogen and oxygen atoms in total. The number of nitrogens with one attached hydrogen (secondary N) is 1. The first-order valence-corrected chi connectivity index (χ1v) is 7.91. The Morgan fingerprint density at radius 1 is 1.43 bits per heavy atom. The Morgan fingerprint density at radius 3 is 2.90 bits per heavy atom. The molecule has 1 aromatic carbocycles. The second-order valence-corrected chi connectivity index (χ2v) is 5.71. The van der Waals surface area contributed by atoms with Crippen molar-refractivity contribution in [1.82, 2.24) is 10.2 Å². The molecule has 1 aromatic rings. The summed E-state index contributed by atoms with van der Waals surface area (Å²) in [5.41, 5.74) is 1.22. The van der Waals surface area contributed by atoms with Crippen LogP contribution in [0.5, 0.6) is 5.75 Å². The van der Waals surface area contributed by atoms with Gasteiger partial charge in [-0.2, -0.15) is 0 Å². The first-order chi connectivity index (χ1) is 10.2. The second-order valence-electron chi connectivity index (χ2n) is 5.71. The van der Waals surface area contributed by atoms with E-state index in [1.807, 2.05) is 12.1 Å². The third kappa shape index (κ3) is 4.70. The van der Waals surface area contributed by atoms with Crippen LogP contribution in [0.4, 0.5) is 0 Å². The number of methoxy groups -OCH3 is 1. The number of hydrogen-bond acceptors (Lipinski definition) is 4. The van der Waals surface area contributed by atoms with Gasteiger partial charge in [-0.25, -0.2) is 0 Å². The van der Waals surface area contributed by atoms with Gasteiger partial charge in [0, 0.05) is 31.3 Å². The number of ether oxygens (including phenoxy) is 2. The maximum Gasteiger partial charge on any atom is 0.123 e. The fourth-order valence-electron chi connectivity index (χ4n) is 3.00. The summed E-state index contributed by atoms with van der Waals surface area (Å²) in [7, 11) is 3.90. The topological polar surface area (TPSA) is 33.7 Å². The van der Waals surface area contributed by atoms with Crippen LogP contribution in [0.3, 0.4) is 0 Å². The molecule has 0 aromatic heterocycles. The maximum atomic E-state index is 5.73. The highest BCUT2D eigenvalue weighted by Crippen LogP contribution is 2.25. The fourth-order valence-corrected chi connectivity index (χ4v) is 3.00. The SMILES string of the molecule is CCNC(CN(C)CC1CCCO1)c1ccccc1OC. The van der Waals surface area contributed by atoms with Crippen LogP contribution in [0, 0.1) is 0 Å². The van der Waals surface area contributed by atoms with Crippen LogP contribution in [-0.4, -0.2) is 51.4 Å². The molecule has 0 amide bonds. The molecule has 0 saturated carbocycles. The lowest BCUT2D eigenvalue weighted by Gasteiger charge is -2.27. The van der Waals surface area contributed by atoms with Crippen molar-refractivity contribution in [2.75, 3.05) is 40.4 Å². The number of rotatable bonds is 8. The smallest absolute Gasteiger partial charge is 0.123 e. The molecule has 118 valence electrons. The van der Waals surface area contributed by atoms with Crippen LogP contribution >= 0.6 is 0 Å². The number of likely N-dealkylation sites (N-methyl/N-ethyl adjacent to an activating group) is 2. The normalized spacial score (nSPS) is 19.9. The Hall–Kier alpha value is -1.10. The summed E-state index contributed by atoms with van der Waals surface area (Å²) in [6, 6.07) is 8.53. The second kappa shape index (κ2) is 8.37. The molecule has 21 heavy (non-hydrogen) atoms. The van der Waals surface area contributed by atoms with E-state index in [2.05, 4.69) is 36.3 Å². The summed E-state index contributed by atoms with van der Waals surface area (Å²) in [6.45, 7) is 5.95. The fraction of sp³-hybridized carbons (Fsp3) is 0.647. The number of nitrogens with zero attached hydrogens (tertiary/aromatic N) is 1. The summed E-state index contributed by atoms with van der Waals surface area (Å²) >= 11 is 0. The standard InChI is InChI=1S/C17H28N2O2/c1-4-18-16(15-9-5-6-10-17(15)20-3)13-19(2)12-14-8-7-11-21-14/h5-6,9-10,14,16,18H,4,7-8,11-13H2,1-3H3. The number of para-hydroxylation sites is 1. The third-order valence-electron chi connectivity index (χ3n) is 4.00. The summed E-state index contributed by atoms with van der Waals surface area (Å²) < 4.78 is 11.2. The Kier molecular flexibility index (Phi) is 6.49. The van der Waals surface area contributed by atoms with Gasteiger partial charge in [0.05, 0.1) is 13.2 Å². The molecule has 1 fully saturated rings. The van der Waals surface area contributed by atoms with Crippen LogP contribution < -0.4 is 10.1 Å². The minimum absolute atomic E-state index is 0.276. The van der Waals surface area contributed by atoms with E-state index in [0.717, 1.165) is 32.0 Å².